The number of aromatic carboxylic acids is 1. The molecule has 8 heteroatoms. The van der Waals surface area contributed by atoms with E-state index in [1.165, 1.54) is 23.1 Å². The Morgan fingerprint density at radius 3 is 2.89 bits per heavy atom. The molecular weight excluding hydrogens is 238 g/mol. The molecule has 2 aromatic heterocycles. The van der Waals surface area contributed by atoms with Gasteiger partial charge < -0.3 is 15.1 Å². The first kappa shape index (κ1) is 11.8. The highest BCUT2D eigenvalue weighted by atomic mass is 16.4. The molecule has 0 amide bonds. The Kier molecular flexibility index (Phi) is 2.84. The Morgan fingerprint density at radius 2 is 2.28 bits per heavy atom. The molecule has 0 aliphatic carbocycles. The molecule has 0 saturated carbocycles. The number of nitrogens with zero attached hydrogens (tertiary/aromatic N) is 5. The topological polar surface area (TPSA) is 103 Å². The highest BCUT2D eigenvalue weighted by molar-refractivity contribution is 5.89. The van der Waals surface area contributed by atoms with Gasteiger partial charge in [0.05, 0.1) is 11.9 Å². The van der Waals surface area contributed by atoms with Gasteiger partial charge in [0.15, 0.2) is 0 Å². The minimum Gasteiger partial charge on any atom is -0.492 e. The first-order valence-corrected chi connectivity index (χ1v) is 5.00. The number of fused-ring (bicyclic) bond motifs is 1. The van der Waals surface area contributed by atoms with E-state index in [0.29, 0.717) is 0 Å². The molecule has 0 aliphatic rings. The smallest absolute Gasteiger partial charge is 0.337 e. The van der Waals surface area contributed by atoms with Crippen molar-refractivity contribution >= 4 is 23.8 Å². The second-order valence-electron chi connectivity index (χ2n) is 3.81. The van der Waals surface area contributed by atoms with Crippen LogP contribution >= 0.6 is 0 Å². The van der Waals surface area contributed by atoms with Gasteiger partial charge >= 0.3 is 5.97 Å². The van der Waals surface area contributed by atoms with Crippen LogP contribution in [0, 0.1) is 0 Å². The predicted molar refractivity (Wildman–Crippen MR) is 63.5 cm³/mol. The zero-order valence-corrected chi connectivity index (χ0v) is 9.77. The highest BCUT2D eigenvalue weighted by Crippen LogP contribution is 2.20. The number of aliphatic imine (C=N–C) groups is 1. The summed E-state index contributed by atoms with van der Waals surface area (Å²) in [5.41, 5.74) is 0.240. The van der Waals surface area contributed by atoms with Gasteiger partial charge in [-0.1, -0.05) is 0 Å². The normalized spacial score (nSPS) is 11.2. The summed E-state index contributed by atoms with van der Waals surface area (Å²) in [5, 5.41) is 22.5. The number of rotatable bonds is 3. The number of hydrogen-bond donors (Lipinski definition) is 2. The van der Waals surface area contributed by atoms with Crippen LogP contribution < -0.4 is 0 Å². The maximum atomic E-state index is 10.8. The Balaban J connectivity index is 2.51. The van der Waals surface area contributed by atoms with Crippen molar-refractivity contribution in [3.63, 3.8) is 0 Å². The first-order chi connectivity index (χ1) is 8.47. The average molecular weight is 249 g/mol. The third-order valence-electron chi connectivity index (χ3n) is 2.08. The standard InChI is InChI=1S/C10H11N5O3/c1-14(2)5-11-10-12-8(16)7-3-6(9(17)18)4-15(7)13-10/h3-5H,1-2H3,(H,17,18)(H,12,13,16)/b11-5+. The van der Waals surface area contributed by atoms with Gasteiger partial charge in [-0.2, -0.15) is 4.98 Å². The summed E-state index contributed by atoms with van der Waals surface area (Å²) in [6.45, 7) is 0. The summed E-state index contributed by atoms with van der Waals surface area (Å²) in [5.74, 6) is -1.37. The highest BCUT2D eigenvalue weighted by Gasteiger charge is 2.12. The maximum Gasteiger partial charge on any atom is 0.337 e. The molecule has 2 aromatic rings. The van der Waals surface area contributed by atoms with Crippen LogP contribution in [0.15, 0.2) is 17.3 Å². The first-order valence-electron chi connectivity index (χ1n) is 5.00. The molecule has 8 nitrogen and oxygen atoms in total. The summed E-state index contributed by atoms with van der Waals surface area (Å²) in [4.78, 5) is 20.2. The summed E-state index contributed by atoms with van der Waals surface area (Å²) < 4.78 is 1.23. The number of aromatic hydroxyl groups is 1. The minimum atomic E-state index is -1.10. The number of carboxylic acids is 1. The molecule has 0 saturated heterocycles. The molecule has 0 aromatic carbocycles. The van der Waals surface area contributed by atoms with Crippen molar-refractivity contribution in [1.82, 2.24) is 19.5 Å². The Labute approximate surface area is 102 Å². The molecule has 0 radical (unpaired) electrons. The zero-order chi connectivity index (χ0) is 13.3. The number of hydrogen-bond acceptors (Lipinski definition) is 5. The second kappa shape index (κ2) is 4.32. The van der Waals surface area contributed by atoms with Crippen molar-refractivity contribution in [2.24, 2.45) is 4.99 Å². The fraction of sp³-hybridized carbons (Fsp3) is 0.200. The van der Waals surface area contributed by atoms with Gasteiger partial charge in [0.25, 0.3) is 5.95 Å². The molecule has 0 fully saturated rings. The molecule has 0 bridgehead atoms. The summed E-state index contributed by atoms with van der Waals surface area (Å²) in [6, 6.07) is 1.29. The van der Waals surface area contributed by atoms with E-state index >= 15 is 0 Å². The van der Waals surface area contributed by atoms with Gasteiger partial charge in [-0.05, 0) is 6.07 Å². The molecule has 0 atom stereocenters. The molecule has 0 unspecified atom stereocenters. The van der Waals surface area contributed by atoms with Crippen LogP contribution in [0.25, 0.3) is 5.52 Å². The number of carboxylic acid groups (broad SMARTS) is 1. The van der Waals surface area contributed by atoms with Crippen molar-refractivity contribution in [2.75, 3.05) is 14.1 Å². The van der Waals surface area contributed by atoms with Crippen molar-refractivity contribution < 1.29 is 15.0 Å². The van der Waals surface area contributed by atoms with E-state index in [1.807, 2.05) is 0 Å². The third kappa shape index (κ3) is 2.21. The summed E-state index contributed by atoms with van der Waals surface area (Å²) in [6.07, 6.45) is 2.76. The van der Waals surface area contributed by atoms with Crippen LogP contribution in [0.2, 0.25) is 0 Å². The van der Waals surface area contributed by atoms with E-state index in [0.717, 1.165) is 0 Å². The van der Waals surface area contributed by atoms with E-state index in [-0.39, 0.29) is 22.9 Å². The van der Waals surface area contributed by atoms with Crippen molar-refractivity contribution in [1.29, 1.82) is 0 Å². The van der Waals surface area contributed by atoms with Crippen LogP contribution in [0.5, 0.6) is 5.88 Å². The molecule has 2 heterocycles. The lowest BCUT2D eigenvalue weighted by atomic mass is 10.3. The van der Waals surface area contributed by atoms with E-state index in [4.69, 9.17) is 5.11 Å². The van der Waals surface area contributed by atoms with Crippen LogP contribution in [-0.4, -0.2) is 56.1 Å². The molecule has 94 valence electrons. The summed E-state index contributed by atoms with van der Waals surface area (Å²) >= 11 is 0. The molecule has 18 heavy (non-hydrogen) atoms. The lowest BCUT2D eigenvalue weighted by Gasteiger charge is -2.02. The predicted octanol–water partition coefficient (Wildman–Crippen LogP) is 0.354. The van der Waals surface area contributed by atoms with Crippen LogP contribution in [0.1, 0.15) is 10.4 Å². The quantitative estimate of drug-likeness (QED) is 0.601. The van der Waals surface area contributed by atoms with E-state index in [1.54, 1.807) is 19.0 Å². The number of carbonyl (C=O) groups is 1. The Hall–Kier alpha value is -2.64. The van der Waals surface area contributed by atoms with Crippen LogP contribution in [0.3, 0.4) is 0 Å². The van der Waals surface area contributed by atoms with Crippen LogP contribution in [0.4, 0.5) is 5.95 Å². The van der Waals surface area contributed by atoms with Crippen LogP contribution in [-0.2, 0) is 0 Å². The van der Waals surface area contributed by atoms with Gasteiger partial charge in [0.1, 0.15) is 5.52 Å². The second-order valence-corrected chi connectivity index (χ2v) is 3.81. The fourth-order valence-corrected chi connectivity index (χ4v) is 1.31. The lowest BCUT2D eigenvalue weighted by Crippen LogP contribution is -2.07. The van der Waals surface area contributed by atoms with Crippen molar-refractivity contribution in [2.45, 2.75) is 0 Å². The SMILES string of the molecule is CN(C)/C=N/c1nc(O)c2cc(C(=O)O)cn2n1. The Morgan fingerprint density at radius 1 is 1.56 bits per heavy atom. The molecule has 0 spiro atoms. The zero-order valence-electron chi connectivity index (χ0n) is 9.77. The van der Waals surface area contributed by atoms with Gasteiger partial charge in [-0.3, -0.25) is 0 Å². The monoisotopic (exact) mass is 249 g/mol. The van der Waals surface area contributed by atoms with Gasteiger partial charge in [-0.25, -0.2) is 14.3 Å². The van der Waals surface area contributed by atoms with Gasteiger partial charge in [-0.15, -0.1) is 5.10 Å². The van der Waals surface area contributed by atoms with Gasteiger partial charge in [0.2, 0.25) is 5.88 Å². The fourth-order valence-electron chi connectivity index (χ4n) is 1.31. The average Bonchev–Trinajstić information content (AvgIpc) is 2.71. The van der Waals surface area contributed by atoms with E-state index in [2.05, 4.69) is 15.1 Å². The minimum absolute atomic E-state index is 0.0216. The van der Waals surface area contributed by atoms with Gasteiger partial charge in [0, 0.05) is 20.3 Å². The van der Waals surface area contributed by atoms with Crippen molar-refractivity contribution in [3.8, 4) is 5.88 Å². The molecule has 2 rings (SSSR count). The van der Waals surface area contributed by atoms with E-state index in [9.17, 15) is 9.90 Å². The molecular formula is C10H11N5O3. The Bertz CT molecular complexity index is 632. The number of aromatic nitrogens is 3. The molecule has 0 aliphatic heterocycles. The molecule has 2 N–H and O–H groups in total. The van der Waals surface area contributed by atoms with Crippen molar-refractivity contribution in [3.05, 3.63) is 17.8 Å². The van der Waals surface area contributed by atoms with E-state index < -0.39 is 5.97 Å². The third-order valence-corrected chi connectivity index (χ3v) is 2.08. The lowest BCUT2D eigenvalue weighted by molar-refractivity contribution is 0.0697. The summed E-state index contributed by atoms with van der Waals surface area (Å²) in [7, 11) is 3.56. The largest absolute Gasteiger partial charge is 0.492 e. The maximum absolute atomic E-state index is 10.8.